The highest BCUT2D eigenvalue weighted by Crippen LogP contribution is 2.31. The summed E-state index contributed by atoms with van der Waals surface area (Å²) in [7, 11) is 2.06. The standard InChI is InChI=1S/C26H28N6O2S/c1-17(33)11-12-31(2)14-18-16-35-26-30-24(15-32(18)26)19-7-3-4-8-20(19)29-25(34)23-13-27-21-9-5-6-10-22(21)28-23/h3-10,13,15-17,25,29,33-34H,11-12,14H2,1-2H3/t17-,25?/m0/s1. The van der Waals surface area contributed by atoms with E-state index in [1.54, 1.807) is 17.5 Å². The average Bonchev–Trinajstić information content (AvgIpc) is 3.44. The molecule has 0 saturated heterocycles. The van der Waals surface area contributed by atoms with Crippen molar-refractivity contribution in [3.05, 3.63) is 77.7 Å². The van der Waals surface area contributed by atoms with Crippen LogP contribution in [0.15, 0.2) is 66.3 Å². The number of aliphatic hydroxyl groups excluding tert-OH is 2. The summed E-state index contributed by atoms with van der Waals surface area (Å²) in [6, 6.07) is 15.4. The van der Waals surface area contributed by atoms with Crippen molar-refractivity contribution in [2.24, 2.45) is 0 Å². The van der Waals surface area contributed by atoms with E-state index in [1.807, 2.05) is 61.7 Å². The number of anilines is 1. The third-order valence-electron chi connectivity index (χ3n) is 5.89. The first-order chi connectivity index (χ1) is 17.0. The minimum atomic E-state index is -1.02. The van der Waals surface area contributed by atoms with Crippen LogP contribution in [-0.2, 0) is 6.54 Å². The van der Waals surface area contributed by atoms with Gasteiger partial charge in [0.1, 0.15) is 5.69 Å². The molecule has 1 unspecified atom stereocenters. The second-order valence-electron chi connectivity index (χ2n) is 8.76. The van der Waals surface area contributed by atoms with E-state index in [4.69, 9.17) is 4.98 Å². The van der Waals surface area contributed by atoms with Crippen LogP contribution < -0.4 is 5.32 Å². The normalized spacial score (nSPS) is 13.5. The zero-order valence-electron chi connectivity index (χ0n) is 19.7. The fourth-order valence-corrected chi connectivity index (χ4v) is 4.86. The topological polar surface area (TPSA) is 98.8 Å². The first-order valence-corrected chi connectivity index (χ1v) is 12.4. The molecule has 0 amide bonds. The molecule has 180 valence electrons. The lowest BCUT2D eigenvalue weighted by molar-refractivity contribution is 0.162. The largest absolute Gasteiger partial charge is 0.393 e. The van der Waals surface area contributed by atoms with Crippen LogP contribution in [0.1, 0.15) is 31.0 Å². The third kappa shape index (κ3) is 5.18. The molecule has 0 saturated carbocycles. The Morgan fingerprint density at radius 3 is 2.66 bits per heavy atom. The van der Waals surface area contributed by atoms with Gasteiger partial charge in [-0.05, 0) is 38.6 Å². The fourth-order valence-electron chi connectivity index (χ4n) is 3.99. The van der Waals surface area contributed by atoms with Crippen molar-refractivity contribution in [1.82, 2.24) is 24.3 Å². The maximum atomic E-state index is 10.9. The van der Waals surface area contributed by atoms with Crippen molar-refractivity contribution in [3.8, 4) is 11.3 Å². The first-order valence-electron chi connectivity index (χ1n) is 11.6. The molecule has 0 bridgehead atoms. The molecular weight excluding hydrogens is 460 g/mol. The van der Waals surface area contributed by atoms with E-state index >= 15 is 0 Å². The van der Waals surface area contributed by atoms with Crippen molar-refractivity contribution in [2.75, 3.05) is 18.9 Å². The van der Waals surface area contributed by atoms with Gasteiger partial charge in [0, 0.05) is 41.6 Å². The summed E-state index contributed by atoms with van der Waals surface area (Å²) >= 11 is 1.60. The van der Waals surface area contributed by atoms with Gasteiger partial charge in [-0.15, -0.1) is 11.3 Å². The number of benzene rings is 2. The average molecular weight is 489 g/mol. The molecule has 2 atom stereocenters. The molecule has 0 aliphatic rings. The molecule has 5 rings (SSSR count). The number of rotatable bonds is 9. The number of nitrogens with one attached hydrogen (secondary N) is 1. The van der Waals surface area contributed by atoms with Gasteiger partial charge in [-0.2, -0.15) is 0 Å². The molecule has 0 aliphatic carbocycles. The monoisotopic (exact) mass is 488 g/mol. The van der Waals surface area contributed by atoms with Crippen molar-refractivity contribution >= 4 is 33.0 Å². The van der Waals surface area contributed by atoms with E-state index in [-0.39, 0.29) is 6.10 Å². The Morgan fingerprint density at radius 1 is 1.06 bits per heavy atom. The lowest BCUT2D eigenvalue weighted by Crippen LogP contribution is -2.22. The van der Waals surface area contributed by atoms with Gasteiger partial charge in [0.15, 0.2) is 11.2 Å². The summed E-state index contributed by atoms with van der Waals surface area (Å²) in [6.45, 7) is 3.40. The van der Waals surface area contributed by atoms with Gasteiger partial charge < -0.3 is 20.4 Å². The van der Waals surface area contributed by atoms with Crippen molar-refractivity contribution in [2.45, 2.75) is 32.2 Å². The van der Waals surface area contributed by atoms with Gasteiger partial charge in [0.05, 0.1) is 29.0 Å². The molecule has 0 spiro atoms. The summed E-state index contributed by atoms with van der Waals surface area (Å²) in [4.78, 5) is 16.9. The number of fused-ring (bicyclic) bond motifs is 2. The Bertz CT molecular complexity index is 1450. The Balaban J connectivity index is 1.38. The highest BCUT2D eigenvalue weighted by molar-refractivity contribution is 7.15. The zero-order chi connectivity index (χ0) is 24.4. The van der Waals surface area contributed by atoms with Crippen LogP contribution in [-0.4, -0.2) is 54.2 Å². The zero-order valence-corrected chi connectivity index (χ0v) is 20.5. The van der Waals surface area contributed by atoms with Crippen LogP contribution >= 0.6 is 11.3 Å². The fraction of sp³-hybridized carbons (Fsp3) is 0.269. The first kappa shape index (κ1) is 23.4. The minimum Gasteiger partial charge on any atom is -0.393 e. The highest BCUT2D eigenvalue weighted by Gasteiger charge is 2.17. The summed E-state index contributed by atoms with van der Waals surface area (Å²) in [5, 5.41) is 25.7. The van der Waals surface area contributed by atoms with Gasteiger partial charge >= 0.3 is 0 Å². The van der Waals surface area contributed by atoms with E-state index in [2.05, 4.69) is 37.0 Å². The Kier molecular flexibility index (Phi) is 6.74. The molecular formula is C26H28N6O2S. The predicted molar refractivity (Wildman–Crippen MR) is 139 cm³/mol. The van der Waals surface area contributed by atoms with Crippen LogP contribution in [0.25, 0.3) is 27.3 Å². The number of para-hydroxylation sites is 3. The number of nitrogens with zero attached hydrogens (tertiary/aromatic N) is 5. The number of hydrogen-bond donors (Lipinski definition) is 3. The van der Waals surface area contributed by atoms with Crippen LogP contribution in [0.3, 0.4) is 0 Å². The van der Waals surface area contributed by atoms with E-state index < -0.39 is 6.23 Å². The van der Waals surface area contributed by atoms with Gasteiger partial charge in [-0.1, -0.05) is 30.3 Å². The summed E-state index contributed by atoms with van der Waals surface area (Å²) < 4.78 is 2.11. The molecule has 0 fully saturated rings. The predicted octanol–water partition coefficient (Wildman–Crippen LogP) is 4.31. The number of hydrogen-bond acceptors (Lipinski definition) is 8. The van der Waals surface area contributed by atoms with Crippen molar-refractivity contribution in [1.29, 1.82) is 0 Å². The summed E-state index contributed by atoms with van der Waals surface area (Å²) in [6.07, 6.45) is 3.04. The number of imidazole rings is 1. The Hall–Kier alpha value is -3.37. The molecule has 0 radical (unpaired) electrons. The Morgan fingerprint density at radius 2 is 1.83 bits per heavy atom. The van der Waals surface area contributed by atoms with Crippen LogP contribution in [0, 0.1) is 0 Å². The molecule has 35 heavy (non-hydrogen) atoms. The van der Waals surface area contributed by atoms with E-state index in [0.717, 1.165) is 58.1 Å². The molecule has 2 aromatic carbocycles. The lowest BCUT2D eigenvalue weighted by Gasteiger charge is -2.17. The molecule has 3 heterocycles. The van der Waals surface area contributed by atoms with Gasteiger partial charge in [0.2, 0.25) is 0 Å². The van der Waals surface area contributed by atoms with Crippen LogP contribution in [0.2, 0.25) is 0 Å². The van der Waals surface area contributed by atoms with Crippen LogP contribution in [0.4, 0.5) is 5.69 Å². The molecule has 8 nitrogen and oxygen atoms in total. The molecule has 3 aromatic heterocycles. The van der Waals surface area contributed by atoms with Crippen molar-refractivity contribution < 1.29 is 10.2 Å². The van der Waals surface area contributed by atoms with Gasteiger partial charge in [0.25, 0.3) is 0 Å². The molecule has 0 aliphatic heterocycles. The molecule has 5 aromatic rings. The maximum Gasteiger partial charge on any atom is 0.194 e. The van der Waals surface area contributed by atoms with Gasteiger partial charge in [-0.3, -0.25) is 9.38 Å². The smallest absolute Gasteiger partial charge is 0.194 e. The van der Waals surface area contributed by atoms with E-state index in [9.17, 15) is 10.2 Å². The summed E-state index contributed by atoms with van der Waals surface area (Å²) in [5.74, 6) is 0. The second kappa shape index (κ2) is 10.1. The Labute approximate surface area is 207 Å². The number of thiazole rings is 1. The van der Waals surface area contributed by atoms with E-state index in [1.165, 1.54) is 0 Å². The van der Waals surface area contributed by atoms with Crippen molar-refractivity contribution in [3.63, 3.8) is 0 Å². The number of aromatic nitrogens is 4. The number of aliphatic hydroxyl groups is 2. The highest BCUT2D eigenvalue weighted by atomic mass is 32.1. The van der Waals surface area contributed by atoms with Crippen LogP contribution in [0.5, 0.6) is 0 Å². The molecule has 3 N–H and O–H groups in total. The lowest BCUT2D eigenvalue weighted by atomic mass is 10.1. The second-order valence-corrected chi connectivity index (χ2v) is 9.59. The SMILES string of the molecule is C[C@H](O)CCN(C)Cc1csc2nc(-c3ccccc3NC(O)c3cnc4ccccc4n3)cn12. The molecule has 9 heteroatoms. The minimum absolute atomic E-state index is 0.306. The summed E-state index contributed by atoms with van der Waals surface area (Å²) in [5.41, 5.74) is 5.60. The third-order valence-corrected chi connectivity index (χ3v) is 6.78. The quantitative estimate of drug-likeness (QED) is 0.266. The van der Waals surface area contributed by atoms with Gasteiger partial charge in [-0.25, -0.2) is 9.97 Å². The maximum absolute atomic E-state index is 10.9. The van der Waals surface area contributed by atoms with E-state index in [0.29, 0.717) is 5.69 Å².